The van der Waals surface area contributed by atoms with Gasteiger partial charge in [-0.25, -0.2) is 4.39 Å². The summed E-state index contributed by atoms with van der Waals surface area (Å²) in [6.07, 6.45) is 3.74. The lowest BCUT2D eigenvalue weighted by molar-refractivity contribution is -0.112. The average molecular weight is 491 g/mol. The third-order valence-electron chi connectivity index (χ3n) is 4.53. The summed E-state index contributed by atoms with van der Waals surface area (Å²) in [5, 5.41) is 11.9. The Kier molecular flexibility index (Phi) is 7.96. The summed E-state index contributed by atoms with van der Waals surface area (Å²) in [4.78, 5) is 12.5. The molecule has 32 heavy (non-hydrogen) atoms. The molecule has 1 N–H and O–H groups in total. The first-order chi connectivity index (χ1) is 15.5. The molecule has 4 nitrogen and oxygen atoms in total. The van der Waals surface area contributed by atoms with Crippen LogP contribution >= 0.6 is 15.9 Å². The molecule has 160 valence electrons. The lowest BCUT2D eigenvalue weighted by Gasteiger charge is -2.14. The Morgan fingerprint density at radius 1 is 1.16 bits per heavy atom. The number of benzene rings is 3. The molecule has 0 bridgehead atoms. The van der Waals surface area contributed by atoms with Crippen LogP contribution < -0.4 is 10.1 Å². The number of amides is 1. The Labute approximate surface area is 194 Å². The molecule has 0 spiro atoms. The summed E-state index contributed by atoms with van der Waals surface area (Å²) in [6.45, 7) is 4.19. The summed E-state index contributed by atoms with van der Waals surface area (Å²) >= 11 is 3.53. The van der Waals surface area contributed by atoms with Crippen LogP contribution in [0.1, 0.15) is 16.7 Å². The van der Waals surface area contributed by atoms with Crippen molar-refractivity contribution in [3.8, 4) is 11.8 Å². The molecule has 0 saturated carbocycles. The highest BCUT2D eigenvalue weighted by atomic mass is 79.9. The van der Waals surface area contributed by atoms with Gasteiger partial charge in [0.05, 0.1) is 10.2 Å². The number of nitriles is 1. The maximum absolute atomic E-state index is 13.8. The van der Waals surface area contributed by atoms with E-state index < -0.39 is 11.7 Å². The number of ether oxygens (including phenoxy) is 1. The number of nitrogens with one attached hydrogen (secondary N) is 1. The fourth-order valence-corrected chi connectivity index (χ4v) is 3.66. The fourth-order valence-electron chi connectivity index (χ4n) is 3.02. The number of rotatable bonds is 8. The minimum absolute atomic E-state index is 0.0110. The highest BCUT2D eigenvalue weighted by Gasteiger charge is 2.14. The highest BCUT2D eigenvalue weighted by Crippen LogP contribution is 2.33. The second-order valence-electron chi connectivity index (χ2n) is 6.86. The monoisotopic (exact) mass is 490 g/mol. The van der Waals surface area contributed by atoms with Gasteiger partial charge in [0.1, 0.15) is 29.8 Å². The van der Waals surface area contributed by atoms with Crippen LogP contribution in [0, 0.1) is 17.1 Å². The fraction of sp³-hybridized carbons (Fsp3) is 0.0769. The molecule has 0 atom stereocenters. The van der Waals surface area contributed by atoms with Gasteiger partial charge in [0.25, 0.3) is 5.91 Å². The topological polar surface area (TPSA) is 62.1 Å². The van der Waals surface area contributed by atoms with Crippen molar-refractivity contribution in [2.45, 2.75) is 13.0 Å². The number of para-hydroxylation sites is 1. The van der Waals surface area contributed by atoms with Gasteiger partial charge in [-0.15, -0.1) is 6.58 Å². The van der Waals surface area contributed by atoms with Crippen LogP contribution in [0.4, 0.5) is 10.1 Å². The number of carbonyl (C=O) groups excluding carboxylic acids is 1. The zero-order valence-corrected chi connectivity index (χ0v) is 18.7. The molecule has 0 aliphatic rings. The largest absolute Gasteiger partial charge is 0.487 e. The molecular formula is C26H20BrFN2O2. The van der Waals surface area contributed by atoms with Crippen molar-refractivity contribution in [3.05, 3.63) is 112 Å². The van der Waals surface area contributed by atoms with Crippen molar-refractivity contribution in [2.75, 3.05) is 5.32 Å². The second kappa shape index (κ2) is 11.1. The van der Waals surface area contributed by atoms with Crippen LogP contribution in [0.5, 0.6) is 5.75 Å². The van der Waals surface area contributed by atoms with E-state index in [-0.39, 0.29) is 11.3 Å². The van der Waals surface area contributed by atoms with E-state index in [1.807, 2.05) is 42.5 Å². The summed E-state index contributed by atoms with van der Waals surface area (Å²) in [5.41, 5.74) is 2.37. The van der Waals surface area contributed by atoms with Crippen molar-refractivity contribution in [3.63, 3.8) is 0 Å². The lowest BCUT2D eigenvalue weighted by atomic mass is 10.0. The molecule has 0 fully saturated rings. The molecule has 0 saturated heterocycles. The molecular weight excluding hydrogens is 471 g/mol. The predicted molar refractivity (Wildman–Crippen MR) is 127 cm³/mol. The van der Waals surface area contributed by atoms with Crippen LogP contribution in [-0.4, -0.2) is 5.91 Å². The van der Waals surface area contributed by atoms with Crippen molar-refractivity contribution in [1.29, 1.82) is 5.26 Å². The Bertz CT molecular complexity index is 1200. The van der Waals surface area contributed by atoms with Crippen LogP contribution in [0.3, 0.4) is 0 Å². The molecule has 0 heterocycles. The van der Waals surface area contributed by atoms with E-state index in [4.69, 9.17) is 4.74 Å². The first-order valence-corrected chi connectivity index (χ1v) is 10.6. The summed E-state index contributed by atoms with van der Waals surface area (Å²) < 4.78 is 20.5. The van der Waals surface area contributed by atoms with Gasteiger partial charge in [0.2, 0.25) is 0 Å². The van der Waals surface area contributed by atoms with Crippen LogP contribution in [-0.2, 0) is 17.8 Å². The normalized spacial score (nSPS) is 10.8. The standard InChI is InChI=1S/C26H20BrFN2O2/c1-2-8-20-13-19(15-22(27)25(20)32-17-18-9-4-3-5-10-18)14-21(16-29)26(31)30-24-12-7-6-11-23(24)28/h2-7,9-15H,1,8,17H2,(H,30,31)/b21-14-. The zero-order chi connectivity index (χ0) is 22.9. The number of nitrogens with zero attached hydrogens (tertiary/aromatic N) is 1. The van der Waals surface area contributed by atoms with Gasteiger partial charge in [0.15, 0.2) is 0 Å². The number of hydrogen-bond donors (Lipinski definition) is 1. The molecule has 1 amide bonds. The smallest absolute Gasteiger partial charge is 0.266 e. The van der Waals surface area contributed by atoms with Crippen LogP contribution in [0.2, 0.25) is 0 Å². The summed E-state index contributed by atoms with van der Waals surface area (Å²) in [7, 11) is 0. The Balaban J connectivity index is 1.86. The molecule has 0 aliphatic heterocycles. The SMILES string of the molecule is C=CCc1cc(/C=C(/C#N)C(=O)Nc2ccccc2F)cc(Br)c1OCc1ccccc1. The van der Waals surface area contributed by atoms with E-state index in [1.54, 1.807) is 18.2 Å². The second-order valence-corrected chi connectivity index (χ2v) is 7.72. The lowest BCUT2D eigenvalue weighted by Crippen LogP contribution is -2.14. The van der Waals surface area contributed by atoms with E-state index in [2.05, 4.69) is 27.8 Å². The number of halogens is 2. The molecule has 0 unspecified atom stereocenters. The summed E-state index contributed by atoms with van der Waals surface area (Å²) in [5.74, 6) is -0.599. The number of carbonyl (C=O) groups is 1. The third kappa shape index (κ3) is 5.93. The molecule has 6 heteroatoms. The van der Waals surface area contributed by atoms with Crippen molar-refractivity contribution < 1.29 is 13.9 Å². The molecule has 0 aromatic heterocycles. The van der Waals surface area contributed by atoms with E-state index in [1.165, 1.54) is 24.3 Å². The predicted octanol–water partition coefficient (Wildman–Crippen LogP) is 6.44. The average Bonchev–Trinajstić information content (AvgIpc) is 2.79. The molecule has 3 rings (SSSR count). The minimum atomic E-state index is -0.691. The number of anilines is 1. The summed E-state index contributed by atoms with van der Waals surface area (Å²) in [6, 6.07) is 21.1. The number of allylic oxidation sites excluding steroid dienone is 1. The number of hydrogen-bond acceptors (Lipinski definition) is 3. The Morgan fingerprint density at radius 2 is 1.88 bits per heavy atom. The van der Waals surface area contributed by atoms with Crippen LogP contribution in [0.15, 0.2) is 89.4 Å². The van der Waals surface area contributed by atoms with Gasteiger partial charge in [-0.2, -0.15) is 5.26 Å². The maximum Gasteiger partial charge on any atom is 0.266 e. The van der Waals surface area contributed by atoms with Crippen molar-refractivity contribution in [2.24, 2.45) is 0 Å². The Morgan fingerprint density at radius 3 is 2.56 bits per heavy atom. The van der Waals surface area contributed by atoms with Gasteiger partial charge in [0, 0.05) is 0 Å². The van der Waals surface area contributed by atoms with Gasteiger partial charge in [-0.3, -0.25) is 4.79 Å². The third-order valence-corrected chi connectivity index (χ3v) is 5.12. The maximum atomic E-state index is 13.8. The van der Waals surface area contributed by atoms with E-state index in [0.717, 1.165) is 11.1 Å². The quantitative estimate of drug-likeness (QED) is 0.224. The van der Waals surface area contributed by atoms with E-state index >= 15 is 0 Å². The van der Waals surface area contributed by atoms with E-state index in [0.29, 0.717) is 28.8 Å². The van der Waals surface area contributed by atoms with Crippen molar-refractivity contribution in [1.82, 2.24) is 0 Å². The van der Waals surface area contributed by atoms with Crippen LogP contribution in [0.25, 0.3) is 6.08 Å². The van der Waals surface area contributed by atoms with E-state index in [9.17, 15) is 14.4 Å². The minimum Gasteiger partial charge on any atom is -0.487 e. The van der Waals surface area contributed by atoms with Gasteiger partial charge >= 0.3 is 0 Å². The molecule has 0 radical (unpaired) electrons. The van der Waals surface area contributed by atoms with Gasteiger partial charge in [-0.05, 0) is 69.4 Å². The molecule has 0 aliphatic carbocycles. The van der Waals surface area contributed by atoms with Gasteiger partial charge in [-0.1, -0.05) is 48.5 Å². The first-order valence-electron chi connectivity index (χ1n) is 9.79. The first kappa shape index (κ1) is 23.0. The molecule has 3 aromatic carbocycles. The van der Waals surface area contributed by atoms with Crippen molar-refractivity contribution >= 4 is 33.6 Å². The Hall–Kier alpha value is -3.69. The highest BCUT2D eigenvalue weighted by molar-refractivity contribution is 9.10. The zero-order valence-electron chi connectivity index (χ0n) is 17.1. The van der Waals surface area contributed by atoms with Gasteiger partial charge < -0.3 is 10.1 Å². The molecule has 3 aromatic rings.